The van der Waals surface area contributed by atoms with Crippen molar-refractivity contribution >= 4 is 28.4 Å². The summed E-state index contributed by atoms with van der Waals surface area (Å²) in [4.78, 5) is 13.1. The molecule has 0 bridgehead atoms. The van der Waals surface area contributed by atoms with Crippen LogP contribution in [0.15, 0.2) is 97.1 Å². The second kappa shape index (κ2) is 9.23. The van der Waals surface area contributed by atoms with Crippen molar-refractivity contribution < 1.29 is 9.53 Å². The maximum Gasteiger partial charge on any atom is 0.339 e. The van der Waals surface area contributed by atoms with Crippen molar-refractivity contribution in [3.63, 3.8) is 0 Å². The predicted octanol–water partition coefficient (Wildman–Crippen LogP) is 7.33. The summed E-state index contributed by atoms with van der Waals surface area (Å²) in [6.45, 7) is 0. The number of ether oxygens (including phenoxy) is 1. The number of esters is 1. The van der Waals surface area contributed by atoms with Gasteiger partial charge in [0.05, 0.1) is 5.56 Å². The van der Waals surface area contributed by atoms with E-state index in [4.69, 9.17) is 4.74 Å². The van der Waals surface area contributed by atoms with E-state index in [1.807, 2.05) is 48.5 Å². The van der Waals surface area contributed by atoms with Crippen LogP contribution in [0.2, 0.25) is 0 Å². The van der Waals surface area contributed by atoms with Crippen molar-refractivity contribution in [1.29, 1.82) is 0 Å². The summed E-state index contributed by atoms with van der Waals surface area (Å²) in [6, 6.07) is 33.1. The fraction of sp³-hybridized carbons (Fsp3) is 0.167. The second-order valence-corrected chi connectivity index (χ2v) is 8.38. The molecule has 2 nitrogen and oxygen atoms in total. The van der Waals surface area contributed by atoms with Crippen molar-refractivity contribution in [2.24, 2.45) is 0 Å². The molecule has 1 saturated carbocycles. The van der Waals surface area contributed by atoms with Crippen LogP contribution in [-0.4, -0.2) is 12.1 Å². The molecule has 0 amide bonds. The summed E-state index contributed by atoms with van der Waals surface area (Å²) in [7, 11) is 0. The Kier molecular flexibility index (Phi) is 5.85. The third kappa shape index (κ3) is 4.65. The number of benzene rings is 4. The van der Waals surface area contributed by atoms with Gasteiger partial charge < -0.3 is 4.74 Å². The zero-order valence-corrected chi connectivity index (χ0v) is 18.0. The molecule has 4 aromatic rings. The largest absolute Gasteiger partial charge is 0.459 e. The fourth-order valence-electron chi connectivity index (χ4n) is 4.13. The molecule has 1 fully saturated rings. The van der Waals surface area contributed by atoms with Gasteiger partial charge in [-0.1, -0.05) is 97.1 Å². The molecule has 32 heavy (non-hydrogen) atoms. The summed E-state index contributed by atoms with van der Waals surface area (Å²) in [5.74, 6) is -0.216. The summed E-state index contributed by atoms with van der Waals surface area (Å²) in [5, 5.41) is 2.22. The van der Waals surface area contributed by atoms with E-state index in [0.717, 1.165) is 53.2 Å². The maximum absolute atomic E-state index is 13.1. The van der Waals surface area contributed by atoms with E-state index in [0.29, 0.717) is 5.56 Å². The van der Waals surface area contributed by atoms with Gasteiger partial charge in [-0.15, -0.1) is 0 Å². The molecule has 0 unspecified atom stereocenters. The Balaban J connectivity index is 1.64. The molecule has 0 aromatic heterocycles. The Bertz CT molecular complexity index is 1250. The number of fused-ring (bicyclic) bond motifs is 1. The fourth-order valence-corrected chi connectivity index (χ4v) is 4.13. The molecule has 5 rings (SSSR count). The third-order valence-corrected chi connectivity index (χ3v) is 5.93. The highest BCUT2D eigenvalue weighted by atomic mass is 16.5. The van der Waals surface area contributed by atoms with Crippen LogP contribution in [-0.2, 0) is 11.2 Å². The number of hydrogen-bond acceptors (Lipinski definition) is 2. The topological polar surface area (TPSA) is 26.3 Å². The van der Waals surface area contributed by atoms with Crippen LogP contribution in [0.4, 0.5) is 0 Å². The van der Waals surface area contributed by atoms with Crippen molar-refractivity contribution in [3.05, 3.63) is 119 Å². The lowest BCUT2D eigenvalue weighted by Gasteiger charge is -2.17. The molecule has 0 radical (unpaired) electrons. The minimum atomic E-state index is -0.216. The highest BCUT2D eigenvalue weighted by Crippen LogP contribution is 2.35. The van der Waals surface area contributed by atoms with Crippen LogP contribution in [0, 0.1) is 0 Å². The number of rotatable bonds is 7. The maximum atomic E-state index is 13.1. The van der Waals surface area contributed by atoms with E-state index in [-0.39, 0.29) is 12.1 Å². The van der Waals surface area contributed by atoms with Gasteiger partial charge in [-0.25, -0.2) is 4.79 Å². The van der Waals surface area contributed by atoms with E-state index >= 15 is 0 Å². The second-order valence-electron chi connectivity index (χ2n) is 8.38. The Morgan fingerprint density at radius 2 is 1.50 bits per heavy atom. The predicted molar refractivity (Wildman–Crippen MR) is 131 cm³/mol. The SMILES string of the molecule is O=C(OC1CC1)c1ccc2ccccc2c1/C(=C\c1ccccc1)CCc1ccccc1. The number of aryl methyl sites for hydroxylation is 1. The van der Waals surface area contributed by atoms with Crippen LogP contribution in [0.1, 0.15) is 46.3 Å². The lowest BCUT2D eigenvalue weighted by Crippen LogP contribution is -2.10. The van der Waals surface area contributed by atoms with Crippen molar-refractivity contribution in [2.45, 2.75) is 31.8 Å². The van der Waals surface area contributed by atoms with Gasteiger partial charge in [0, 0.05) is 0 Å². The molecule has 1 aliphatic rings. The van der Waals surface area contributed by atoms with Gasteiger partial charge >= 0.3 is 5.97 Å². The summed E-state index contributed by atoms with van der Waals surface area (Å²) < 4.78 is 5.73. The van der Waals surface area contributed by atoms with Crippen LogP contribution >= 0.6 is 0 Å². The monoisotopic (exact) mass is 418 g/mol. The Morgan fingerprint density at radius 1 is 0.812 bits per heavy atom. The van der Waals surface area contributed by atoms with E-state index in [2.05, 4.69) is 54.6 Å². The summed E-state index contributed by atoms with van der Waals surface area (Å²) >= 11 is 0. The van der Waals surface area contributed by atoms with Crippen LogP contribution < -0.4 is 0 Å². The number of carbonyl (C=O) groups is 1. The van der Waals surface area contributed by atoms with Gasteiger partial charge in [0.25, 0.3) is 0 Å². The molecule has 0 spiro atoms. The zero-order chi connectivity index (χ0) is 21.8. The van der Waals surface area contributed by atoms with Crippen LogP contribution in [0.25, 0.3) is 22.4 Å². The molecule has 1 aliphatic carbocycles. The van der Waals surface area contributed by atoms with Gasteiger partial charge in [0.1, 0.15) is 6.10 Å². The first-order valence-corrected chi connectivity index (χ1v) is 11.3. The van der Waals surface area contributed by atoms with E-state index < -0.39 is 0 Å². The van der Waals surface area contributed by atoms with Crippen molar-refractivity contribution in [1.82, 2.24) is 0 Å². The van der Waals surface area contributed by atoms with Crippen LogP contribution in [0.5, 0.6) is 0 Å². The standard InChI is InChI=1S/C30H26O2/c31-30(32-26-18-19-26)28-20-17-24-13-7-8-14-27(24)29(28)25(21-23-11-5-2-6-12-23)16-15-22-9-3-1-4-10-22/h1-14,17,20-21,26H,15-16,18-19H2/b25-21-. The lowest BCUT2D eigenvalue weighted by molar-refractivity contribution is 0.0472. The quantitative estimate of drug-likeness (QED) is 0.232. The highest BCUT2D eigenvalue weighted by molar-refractivity contribution is 6.07. The highest BCUT2D eigenvalue weighted by Gasteiger charge is 2.28. The van der Waals surface area contributed by atoms with E-state index in [1.165, 1.54) is 5.56 Å². The van der Waals surface area contributed by atoms with E-state index in [1.54, 1.807) is 0 Å². The molecule has 2 heteroatoms. The Hall–Kier alpha value is -3.65. The molecule has 0 heterocycles. The van der Waals surface area contributed by atoms with Gasteiger partial charge in [-0.3, -0.25) is 0 Å². The minimum Gasteiger partial charge on any atom is -0.459 e. The smallest absolute Gasteiger partial charge is 0.339 e. The van der Waals surface area contributed by atoms with Gasteiger partial charge in [0.2, 0.25) is 0 Å². The summed E-state index contributed by atoms with van der Waals surface area (Å²) in [6.07, 6.45) is 5.97. The molecule has 158 valence electrons. The number of carbonyl (C=O) groups excluding carboxylic acids is 1. The zero-order valence-electron chi connectivity index (χ0n) is 18.0. The van der Waals surface area contributed by atoms with Crippen molar-refractivity contribution in [2.75, 3.05) is 0 Å². The first-order chi connectivity index (χ1) is 15.8. The minimum absolute atomic E-state index is 0.0766. The molecular weight excluding hydrogens is 392 g/mol. The average molecular weight is 419 g/mol. The normalized spacial score (nSPS) is 13.8. The van der Waals surface area contributed by atoms with Crippen molar-refractivity contribution in [3.8, 4) is 0 Å². The lowest BCUT2D eigenvalue weighted by atomic mass is 9.88. The number of hydrogen-bond donors (Lipinski definition) is 0. The third-order valence-electron chi connectivity index (χ3n) is 5.93. The van der Waals surface area contributed by atoms with Gasteiger partial charge in [-0.05, 0) is 64.8 Å². The molecule has 0 aliphatic heterocycles. The first kappa shape index (κ1) is 20.3. The summed E-state index contributed by atoms with van der Waals surface area (Å²) in [5.41, 5.74) is 5.22. The molecule has 0 atom stereocenters. The molecule has 0 N–H and O–H groups in total. The molecule has 0 saturated heterocycles. The van der Waals surface area contributed by atoms with Gasteiger partial charge in [-0.2, -0.15) is 0 Å². The first-order valence-electron chi connectivity index (χ1n) is 11.3. The Morgan fingerprint density at radius 3 is 2.25 bits per heavy atom. The molecular formula is C30H26O2. The van der Waals surface area contributed by atoms with Gasteiger partial charge in [0.15, 0.2) is 0 Å². The molecule has 4 aromatic carbocycles. The van der Waals surface area contributed by atoms with E-state index in [9.17, 15) is 4.79 Å². The number of allylic oxidation sites excluding steroid dienone is 1. The Labute approximate surface area is 189 Å². The average Bonchev–Trinajstić information content (AvgIpc) is 3.66. The van der Waals surface area contributed by atoms with Crippen LogP contribution in [0.3, 0.4) is 0 Å².